The van der Waals surface area contributed by atoms with Gasteiger partial charge in [-0.1, -0.05) is 47.1 Å². The summed E-state index contributed by atoms with van der Waals surface area (Å²) in [5.74, 6) is -0.750. The Morgan fingerprint density at radius 2 is 1.51 bits per heavy atom. The highest BCUT2D eigenvalue weighted by Gasteiger charge is 2.43. The summed E-state index contributed by atoms with van der Waals surface area (Å²) >= 11 is 0. The van der Waals surface area contributed by atoms with Crippen LogP contribution in [-0.4, -0.2) is 62.3 Å². The number of esters is 2. The number of amides is 1. The lowest BCUT2D eigenvalue weighted by Crippen LogP contribution is -2.54. The summed E-state index contributed by atoms with van der Waals surface area (Å²) in [6.07, 6.45) is 5.98. The average Bonchev–Trinajstić information content (AvgIpc) is 2.75. The van der Waals surface area contributed by atoms with Crippen LogP contribution in [0.5, 0.6) is 0 Å². The molecule has 41 heavy (non-hydrogen) atoms. The Kier molecular flexibility index (Phi) is 14.2. The molecule has 0 aromatic carbocycles. The number of unbranched alkanes of at least 4 members (excludes halogenated alkanes) is 1. The number of nitrogens with one attached hydrogen (secondary N) is 1. The summed E-state index contributed by atoms with van der Waals surface area (Å²) < 4.78 is 23.5. The van der Waals surface area contributed by atoms with Gasteiger partial charge < -0.3 is 23.0 Å². The van der Waals surface area contributed by atoms with Gasteiger partial charge in [0.05, 0.1) is 0 Å². The van der Waals surface area contributed by atoms with E-state index in [1.165, 1.54) is 12.8 Å². The van der Waals surface area contributed by atoms with Crippen molar-refractivity contribution in [2.45, 2.75) is 137 Å². The minimum atomic E-state index is -2.36. The predicted octanol–water partition coefficient (Wildman–Crippen LogP) is 7.08. The highest BCUT2D eigenvalue weighted by Crippen LogP contribution is 2.48. The number of ether oxygens (including phenoxy) is 2. The fraction of sp³-hybridized carbons (Fsp3) is 0.833. The molecule has 1 N–H and O–H groups in total. The van der Waals surface area contributed by atoms with E-state index in [1.807, 2.05) is 0 Å². The Morgan fingerprint density at radius 3 is 2.10 bits per heavy atom. The Bertz CT molecular complexity index is 920. The highest BCUT2D eigenvalue weighted by atomic mass is 28.5. The van der Waals surface area contributed by atoms with E-state index < -0.39 is 31.2 Å². The van der Waals surface area contributed by atoms with Crippen LogP contribution in [0.25, 0.3) is 0 Å². The number of carbonyl (C=O) groups is 3. The Hall–Kier alpha value is -1.28. The van der Waals surface area contributed by atoms with Gasteiger partial charge in [-0.25, -0.2) is 4.79 Å². The van der Waals surface area contributed by atoms with Crippen molar-refractivity contribution in [3.63, 3.8) is 0 Å². The minimum absolute atomic E-state index is 0.0174. The van der Waals surface area contributed by atoms with E-state index >= 15 is 0 Å². The number of hydrogen-bond acceptors (Lipinski definition) is 7. The van der Waals surface area contributed by atoms with Crippen molar-refractivity contribution in [2.24, 2.45) is 10.8 Å². The van der Waals surface area contributed by atoms with Gasteiger partial charge in [-0.15, -0.1) is 0 Å². The third-order valence-electron chi connectivity index (χ3n) is 7.43. The smallest absolute Gasteiger partial charge is 0.333 e. The van der Waals surface area contributed by atoms with Crippen LogP contribution in [0.3, 0.4) is 0 Å². The van der Waals surface area contributed by atoms with Crippen LogP contribution in [-0.2, 0) is 32.1 Å². The van der Waals surface area contributed by atoms with Gasteiger partial charge >= 0.3 is 20.5 Å². The van der Waals surface area contributed by atoms with Crippen LogP contribution in [0.1, 0.15) is 79.6 Å². The first-order valence-corrected chi connectivity index (χ1v) is 24.3. The molecular formula is C30H59NO7Si3. The molecule has 0 bridgehead atoms. The monoisotopic (exact) mass is 629 g/mol. The van der Waals surface area contributed by atoms with Crippen molar-refractivity contribution in [1.82, 2.24) is 5.32 Å². The lowest BCUT2D eigenvalue weighted by molar-refractivity contribution is -0.150. The van der Waals surface area contributed by atoms with Crippen molar-refractivity contribution in [2.75, 3.05) is 13.2 Å². The molecule has 11 heteroatoms. The molecule has 1 rings (SSSR count). The van der Waals surface area contributed by atoms with Gasteiger partial charge in [-0.2, -0.15) is 0 Å². The zero-order valence-electron chi connectivity index (χ0n) is 27.9. The lowest BCUT2D eigenvalue weighted by atomic mass is 9.61. The molecule has 1 aliphatic carbocycles. The van der Waals surface area contributed by atoms with Crippen LogP contribution in [0.2, 0.25) is 51.4 Å². The maximum atomic E-state index is 13.3. The molecule has 0 aromatic heterocycles. The van der Waals surface area contributed by atoms with E-state index in [-0.39, 0.29) is 48.4 Å². The second-order valence-corrected chi connectivity index (χ2v) is 27.2. The first kappa shape index (κ1) is 37.7. The molecule has 8 nitrogen and oxygen atoms in total. The summed E-state index contributed by atoms with van der Waals surface area (Å²) in [4.78, 5) is 37.1. The van der Waals surface area contributed by atoms with Crippen molar-refractivity contribution in [1.29, 1.82) is 0 Å². The van der Waals surface area contributed by atoms with Crippen molar-refractivity contribution in [3.8, 4) is 0 Å². The number of hydrogen-bond donors (Lipinski definition) is 1. The number of carbonyl (C=O) groups excluding carboxylic acids is 3. The molecule has 1 fully saturated rings. The first-order valence-electron chi connectivity index (χ1n) is 15.3. The molecular weight excluding hydrogens is 571 g/mol. The minimum Gasteiger partial charge on any atom is -0.462 e. The van der Waals surface area contributed by atoms with Crippen LogP contribution in [0.4, 0.5) is 0 Å². The zero-order chi connectivity index (χ0) is 31.7. The van der Waals surface area contributed by atoms with Gasteiger partial charge in [0, 0.05) is 24.1 Å². The first-order chi connectivity index (χ1) is 18.6. The van der Waals surface area contributed by atoms with Crippen molar-refractivity contribution in [3.05, 3.63) is 12.2 Å². The van der Waals surface area contributed by atoms with Gasteiger partial charge in [0.15, 0.2) is 16.6 Å². The topological polar surface area (TPSA) is 100 Å². The van der Waals surface area contributed by atoms with Gasteiger partial charge in [0.2, 0.25) is 5.91 Å². The van der Waals surface area contributed by atoms with Gasteiger partial charge in [-0.05, 0) is 88.8 Å². The molecule has 0 saturated heterocycles. The molecule has 238 valence electrons. The lowest BCUT2D eigenvalue weighted by Gasteiger charge is -2.47. The maximum Gasteiger partial charge on any atom is 0.333 e. The second kappa shape index (κ2) is 15.4. The molecule has 1 amide bonds. The summed E-state index contributed by atoms with van der Waals surface area (Å²) in [6, 6.07) is 1.57. The Labute approximate surface area is 253 Å². The normalized spacial score (nSPS) is 21.2. The van der Waals surface area contributed by atoms with E-state index in [4.69, 9.17) is 17.7 Å². The second-order valence-electron chi connectivity index (χ2n) is 14.9. The quantitative estimate of drug-likeness (QED) is 0.0795. The highest BCUT2D eigenvalue weighted by molar-refractivity contribution is 6.88. The largest absolute Gasteiger partial charge is 0.462 e. The van der Waals surface area contributed by atoms with Crippen molar-refractivity contribution < 1.29 is 32.1 Å². The van der Waals surface area contributed by atoms with Gasteiger partial charge in [-0.3, -0.25) is 9.59 Å². The summed E-state index contributed by atoms with van der Waals surface area (Å²) in [6.45, 7) is 27.0. The summed E-state index contributed by atoms with van der Waals surface area (Å²) in [5, 5.41) is 3.32. The molecule has 0 radical (unpaired) electrons. The zero-order valence-corrected chi connectivity index (χ0v) is 30.9. The predicted molar refractivity (Wildman–Crippen MR) is 173 cm³/mol. The summed E-state index contributed by atoms with van der Waals surface area (Å²) in [7, 11) is -6.46. The fourth-order valence-electron chi connectivity index (χ4n) is 6.52. The summed E-state index contributed by atoms with van der Waals surface area (Å²) in [5.41, 5.74) is 0.241. The third-order valence-corrected chi connectivity index (χ3v) is 18.5. The third kappa shape index (κ3) is 15.7. The molecule has 0 aliphatic heterocycles. The Balaban J connectivity index is 2.66. The van der Waals surface area contributed by atoms with E-state index in [9.17, 15) is 14.4 Å². The van der Waals surface area contributed by atoms with E-state index in [0.717, 1.165) is 25.3 Å². The van der Waals surface area contributed by atoms with Gasteiger partial charge in [0.25, 0.3) is 0 Å². The van der Waals surface area contributed by atoms with E-state index in [2.05, 4.69) is 78.9 Å². The SMILES string of the molecule is C=C(C)C(=O)OCCOC(=O)CCC1(C)CC(NC(=O)C[Si](C)(C)O[Si](C)(C)O[Si](C)(C)CCCC)CC(C)(C)C1. The molecule has 0 spiro atoms. The average molecular weight is 630 g/mol. The standard InChI is InChI=1S/C30H59NO7Si3/c1-13-14-19-39(7,8)37-41(11,12)38-40(9,10)22-26(32)31-25-20-29(4,5)23-30(6,21-25)16-15-27(33)35-17-18-36-28(34)24(2)3/h25H,2,13-23H2,1,3-12H3,(H,31,32). The van der Waals surface area contributed by atoms with Gasteiger partial charge in [0.1, 0.15) is 13.2 Å². The van der Waals surface area contributed by atoms with Crippen LogP contribution in [0, 0.1) is 10.8 Å². The van der Waals surface area contributed by atoms with Crippen LogP contribution >= 0.6 is 0 Å². The van der Waals surface area contributed by atoms with E-state index in [0.29, 0.717) is 18.0 Å². The van der Waals surface area contributed by atoms with Crippen molar-refractivity contribution >= 4 is 43.0 Å². The Morgan fingerprint density at radius 1 is 0.927 bits per heavy atom. The molecule has 1 saturated carbocycles. The molecule has 2 unspecified atom stereocenters. The maximum absolute atomic E-state index is 13.3. The molecule has 0 aromatic rings. The number of rotatable bonds is 17. The molecule has 0 heterocycles. The van der Waals surface area contributed by atoms with Crippen LogP contribution < -0.4 is 5.32 Å². The van der Waals surface area contributed by atoms with Crippen LogP contribution in [0.15, 0.2) is 12.2 Å². The fourth-order valence-corrected chi connectivity index (χ4v) is 20.5. The molecule has 1 aliphatic rings. The molecule has 2 atom stereocenters. The van der Waals surface area contributed by atoms with E-state index in [1.54, 1.807) is 6.92 Å².